The summed E-state index contributed by atoms with van der Waals surface area (Å²) in [6.07, 6.45) is 1.91. The topological polar surface area (TPSA) is 58.4 Å². The molecule has 1 unspecified atom stereocenters. The first-order chi connectivity index (χ1) is 12.8. The molecule has 1 aromatic carbocycles. The molecule has 146 valence electrons. The van der Waals surface area contributed by atoms with Crippen LogP contribution in [0.5, 0.6) is 0 Å². The molecule has 2 aromatic rings. The van der Waals surface area contributed by atoms with Crippen molar-refractivity contribution >= 4 is 28.4 Å². The summed E-state index contributed by atoms with van der Waals surface area (Å²) < 4.78 is 1.66. The van der Waals surface area contributed by atoms with E-state index >= 15 is 0 Å². The fraction of sp³-hybridized carbons (Fsp3) is 0.550. The summed E-state index contributed by atoms with van der Waals surface area (Å²) in [5.41, 5.74) is 0.501. The molecule has 1 amide bonds. The van der Waals surface area contributed by atoms with E-state index in [9.17, 15) is 9.59 Å². The van der Waals surface area contributed by atoms with Crippen LogP contribution in [0.15, 0.2) is 23.0 Å². The number of halogens is 1. The Bertz CT molecular complexity index is 905. The standard InChI is InChI=1S/C20H27ClN4O2/c1-5-24-18(22-17-9-8-15(21)12-16(17)20(24)27)13(2)25(11-10-23(3)4)19(26)14-6-7-14/h8-9,12-14H,5-7,10-11H2,1-4H3. The van der Waals surface area contributed by atoms with Crippen LogP contribution in [0.2, 0.25) is 5.02 Å². The highest BCUT2D eigenvalue weighted by Crippen LogP contribution is 2.34. The van der Waals surface area contributed by atoms with Crippen LogP contribution in [0.3, 0.4) is 0 Å². The molecule has 0 spiro atoms. The molecule has 1 atom stereocenters. The van der Waals surface area contributed by atoms with Crippen LogP contribution in [0, 0.1) is 5.92 Å². The predicted octanol–water partition coefficient (Wildman–Crippen LogP) is 2.93. The number of rotatable bonds is 7. The van der Waals surface area contributed by atoms with Crippen LogP contribution in [-0.2, 0) is 11.3 Å². The van der Waals surface area contributed by atoms with E-state index in [1.807, 2.05) is 32.8 Å². The van der Waals surface area contributed by atoms with E-state index in [-0.39, 0.29) is 23.4 Å². The minimum Gasteiger partial charge on any atom is -0.331 e. The molecule has 1 aliphatic rings. The molecule has 7 heteroatoms. The molecule has 1 aliphatic carbocycles. The number of hydrogen-bond acceptors (Lipinski definition) is 4. The number of nitrogens with zero attached hydrogens (tertiary/aromatic N) is 4. The lowest BCUT2D eigenvalue weighted by Crippen LogP contribution is -2.41. The fourth-order valence-corrected chi connectivity index (χ4v) is 3.51. The third kappa shape index (κ3) is 4.17. The summed E-state index contributed by atoms with van der Waals surface area (Å²) in [6, 6.07) is 4.89. The summed E-state index contributed by atoms with van der Waals surface area (Å²) in [4.78, 5) is 34.6. The fourth-order valence-electron chi connectivity index (χ4n) is 3.34. The van der Waals surface area contributed by atoms with Crippen molar-refractivity contribution < 1.29 is 4.79 Å². The number of carbonyl (C=O) groups excluding carboxylic acids is 1. The summed E-state index contributed by atoms with van der Waals surface area (Å²) >= 11 is 6.06. The zero-order chi connectivity index (χ0) is 19.7. The normalized spacial score (nSPS) is 15.3. The highest BCUT2D eigenvalue weighted by molar-refractivity contribution is 6.31. The van der Waals surface area contributed by atoms with E-state index in [1.165, 1.54) is 0 Å². The van der Waals surface area contributed by atoms with Gasteiger partial charge in [0.15, 0.2) is 0 Å². The van der Waals surface area contributed by atoms with Gasteiger partial charge in [0.1, 0.15) is 5.82 Å². The lowest BCUT2D eigenvalue weighted by molar-refractivity contribution is -0.135. The smallest absolute Gasteiger partial charge is 0.261 e. The first-order valence-electron chi connectivity index (χ1n) is 9.48. The second-order valence-electron chi connectivity index (χ2n) is 7.47. The lowest BCUT2D eigenvalue weighted by Gasteiger charge is -2.31. The molecule has 6 nitrogen and oxygen atoms in total. The molecule has 0 bridgehead atoms. The molecule has 1 aromatic heterocycles. The first kappa shape index (κ1) is 19.8. The Hall–Kier alpha value is -1.92. The van der Waals surface area contributed by atoms with Crippen molar-refractivity contribution in [3.05, 3.63) is 39.4 Å². The van der Waals surface area contributed by atoms with E-state index in [4.69, 9.17) is 16.6 Å². The number of amides is 1. The van der Waals surface area contributed by atoms with Gasteiger partial charge < -0.3 is 9.80 Å². The van der Waals surface area contributed by atoms with Gasteiger partial charge in [-0.25, -0.2) is 4.98 Å². The van der Waals surface area contributed by atoms with E-state index in [2.05, 4.69) is 4.90 Å². The van der Waals surface area contributed by atoms with Gasteiger partial charge in [-0.1, -0.05) is 11.6 Å². The third-order valence-corrected chi connectivity index (χ3v) is 5.34. The summed E-state index contributed by atoms with van der Waals surface area (Å²) in [6.45, 7) is 5.76. The van der Waals surface area contributed by atoms with Crippen LogP contribution < -0.4 is 5.56 Å². The minimum atomic E-state index is -0.272. The predicted molar refractivity (Wildman–Crippen MR) is 108 cm³/mol. The molecule has 0 N–H and O–H groups in total. The van der Waals surface area contributed by atoms with Gasteiger partial charge in [0, 0.05) is 30.6 Å². The van der Waals surface area contributed by atoms with E-state index in [0.29, 0.717) is 34.8 Å². The quantitative estimate of drug-likeness (QED) is 0.729. The van der Waals surface area contributed by atoms with E-state index in [1.54, 1.807) is 22.8 Å². The Balaban J connectivity index is 2.05. The molecular formula is C20H27ClN4O2. The van der Waals surface area contributed by atoms with Crippen LogP contribution in [-0.4, -0.2) is 52.4 Å². The van der Waals surface area contributed by atoms with Gasteiger partial charge in [-0.05, 0) is 59.0 Å². The average Bonchev–Trinajstić information content (AvgIpc) is 3.46. The van der Waals surface area contributed by atoms with Gasteiger partial charge in [0.2, 0.25) is 5.91 Å². The van der Waals surface area contributed by atoms with Crippen LogP contribution in [0.1, 0.15) is 38.6 Å². The number of likely N-dealkylation sites (N-methyl/N-ethyl adjacent to an activating group) is 1. The van der Waals surface area contributed by atoms with Crippen molar-refractivity contribution in [1.29, 1.82) is 0 Å². The van der Waals surface area contributed by atoms with Gasteiger partial charge in [0.25, 0.3) is 5.56 Å². The average molecular weight is 391 g/mol. The molecular weight excluding hydrogens is 364 g/mol. The minimum absolute atomic E-state index is 0.113. The number of aromatic nitrogens is 2. The van der Waals surface area contributed by atoms with Crippen molar-refractivity contribution in [2.45, 2.75) is 39.3 Å². The first-order valence-corrected chi connectivity index (χ1v) is 9.86. The van der Waals surface area contributed by atoms with Crippen molar-refractivity contribution in [3.63, 3.8) is 0 Å². The van der Waals surface area contributed by atoms with Crippen LogP contribution >= 0.6 is 11.6 Å². The Morgan fingerprint density at radius 3 is 2.63 bits per heavy atom. The number of fused-ring (bicyclic) bond motifs is 1. The Morgan fingerprint density at radius 2 is 2.04 bits per heavy atom. The zero-order valence-electron chi connectivity index (χ0n) is 16.4. The maximum atomic E-state index is 13.0. The van der Waals surface area contributed by atoms with E-state index in [0.717, 1.165) is 19.4 Å². The Morgan fingerprint density at radius 1 is 1.33 bits per heavy atom. The molecule has 0 radical (unpaired) electrons. The second kappa shape index (κ2) is 7.98. The summed E-state index contributed by atoms with van der Waals surface area (Å²) in [7, 11) is 3.98. The van der Waals surface area contributed by atoms with Crippen LogP contribution in [0.25, 0.3) is 10.9 Å². The Kier molecular flexibility index (Phi) is 5.86. The highest BCUT2D eigenvalue weighted by Gasteiger charge is 2.36. The van der Waals surface area contributed by atoms with E-state index < -0.39 is 0 Å². The highest BCUT2D eigenvalue weighted by atomic mass is 35.5. The molecule has 0 saturated heterocycles. The van der Waals surface area contributed by atoms with Gasteiger partial charge in [0.05, 0.1) is 16.9 Å². The Labute approximate surface area is 164 Å². The molecule has 3 rings (SSSR count). The zero-order valence-corrected chi connectivity index (χ0v) is 17.2. The largest absolute Gasteiger partial charge is 0.331 e. The van der Waals surface area contributed by atoms with Gasteiger partial charge >= 0.3 is 0 Å². The molecule has 1 fully saturated rings. The summed E-state index contributed by atoms with van der Waals surface area (Å²) in [5, 5.41) is 1.02. The van der Waals surface area contributed by atoms with Crippen molar-refractivity contribution in [2.24, 2.45) is 5.92 Å². The van der Waals surface area contributed by atoms with Crippen molar-refractivity contribution in [2.75, 3.05) is 27.2 Å². The number of hydrogen-bond donors (Lipinski definition) is 0. The SMILES string of the molecule is CCn1c(C(C)N(CCN(C)C)C(=O)C2CC2)nc2ccc(Cl)cc2c1=O. The molecule has 0 aliphatic heterocycles. The van der Waals surface area contributed by atoms with Gasteiger partial charge in [-0.15, -0.1) is 0 Å². The molecule has 27 heavy (non-hydrogen) atoms. The number of carbonyl (C=O) groups is 1. The monoisotopic (exact) mass is 390 g/mol. The van der Waals surface area contributed by atoms with Gasteiger partial charge in [-0.2, -0.15) is 0 Å². The van der Waals surface area contributed by atoms with Gasteiger partial charge in [-0.3, -0.25) is 14.2 Å². The summed E-state index contributed by atoms with van der Waals surface area (Å²) in [5.74, 6) is 0.915. The van der Waals surface area contributed by atoms with Crippen molar-refractivity contribution in [3.8, 4) is 0 Å². The molecule has 1 heterocycles. The van der Waals surface area contributed by atoms with Crippen LogP contribution in [0.4, 0.5) is 0 Å². The molecule has 1 saturated carbocycles. The van der Waals surface area contributed by atoms with Crippen molar-refractivity contribution in [1.82, 2.24) is 19.4 Å². The lowest BCUT2D eigenvalue weighted by atomic mass is 10.1. The number of benzene rings is 1. The maximum Gasteiger partial charge on any atom is 0.261 e. The maximum absolute atomic E-state index is 13.0. The second-order valence-corrected chi connectivity index (χ2v) is 7.90. The third-order valence-electron chi connectivity index (χ3n) is 5.10.